The number of halogens is 1. The van der Waals surface area contributed by atoms with Crippen LogP contribution in [0.15, 0.2) is 18.2 Å². The molecule has 2 rings (SSSR count). The predicted molar refractivity (Wildman–Crippen MR) is 66.0 cm³/mol. The van der Waals surface area contributed by atoms with E-state index in [0.717, 1.165) is 29.4 Å². The van der Waals surface area contributed by atoms with E-state index in [1.54, 1.807) is 4.90 Å². The first-order chi connectivity index (χ1) is 7.58. The second-order valence-corrected chi connectivity index (χ2v) is 4.58. The number of amides is 1. The molecule has 1 aliphatic rings. The molecule has 0 saturated carbocycles. The van der Waals surface area contributed by atoms with Crippen LogP contribution >= 0.6 is 11.6 Å². The largest absolute Gasteiger partial charge is 0.360 e. The lowest BCUT2D eigenvalue weighted by Gasteiger charge is -2.33. The summed E-state index contributed by atoms with van der Waals surface area (Å²) in [4.78, 5) is 15.4. The summed E-state index contributed by atoms with van der Waals surface area (Å²) in [6, 6.07) is 5.93. The van der Waals surface area contributed by atoms with Crippen molar-refractivity contribution in [2.24, 2.45) is 0 Å². The van der Waals surface area contributed by atoms with E-state index in [1.165, 1.54) is 0 Å². The Bertz CT molecular complexity index is 419. The normalized spacial score (nSPS) is 16.8. The maximum absolute atomic E-state index is 11.6. The first-order valence-corrected chi connectivity index (χ1v) is 5.71. The highest BCUT2D eigenvalue weighted by Crippen LogP contribution is 2.23. The third kappa shape index (κ3) is 2.14. The third-order valence-corrected chi connectivity index (χ3v) is 3.38. The molecule has 0 N–H and O–H groups in total. The average Bonchev–Trinajstić information content (AvgIpc) is 2.26. The molecule has 0 radical (unpaired) electrons. The van der Waals surface area contributed by atoms with Gasteiger partial charge in [0, 0.05) is 30.8 Å². The molecule has 1 amide bonds. The van der Waals surface area contributed by atoms with Crippen LogP contribution in [0.4, 0.5) is 5.69 Å². The van der Waals surface area contributed by atoms with Gasteiger partial charge in [0.1, 0.15) is 0 Å². The number of carbonyl (C=O) groups is 1. The molecule has 1 heterocycles. The van der Waals surface area contributed by atoms with Crippen molar-refractivity contribution in [1.82, 2.24) is 4.90 Å². The van der Waals surface area contributed by atoms with Gasteiger partial charge in [-0.3, -0.25) is 4.79 Å². The molecule has 0 spiro atoms. The first-order valence-electron chi connectivity index (χ1n) is 5.33. The Hall–Kier alpha value is -1.22. The number of hydrogen-bond acceptors (Lipinski definition) is 2. The van der Waals surface area contributed by atoms with Gasteiger partial charge < -0.3 is 9.80 Å². The molecule has 0 aliphatic carbocycles. The topological polar surface area (TPSA) is 23.6 Å². The number of hydrogen-bond donors (Lipinski definition) is 0. The zero-order valence-electron chi connectivity index (χ0n) is 9.53. The van der Waals surface area contributed by atoms with Crippen LogP contribution in [0.1, 0.15) is 5.56 Å². The molecule has 1 aliphatic heterocycles. The standard InChI is InChI=1S/C12H15ClN2O/c1-9-3-4-10(7-11(9)13)15-6-5-14(2)12(16)8-15/h3-4,7H,5-6,8H2,1-2H3. The minimum absolute atomic E-state index is 0.156. The molecule has 0 aromatic heterocycles. The van der Waals surface area contributed by atoms with Crippen LogP contribution in [-0.2, 0) is 4.79 Å². The zero-order valence-corrected chi connectivity index (χ0v) is 10.3. The molecular formula is C12H15ClN2O. The highest BCUT2D eigenvalue weighted by Gasteiger charge is 2.21. The molecule has 1 saturated heterocycles. The van der Waals surface area contributed by atoms with Gasteiger partial charge in [-0.2, -0.15) is 0 Å². The van der Waals surface area contributed by atoms with E-state index in [4.69, 9.17) is 11.6 Å². The molecule has 0 atom stereocenters. The van der Waals surface area contributed by atoms with Crippen LogP contribution in [0.3, 0.4) is 0 Å². The Labute approximate surface area is 101 Å². The van der Waals surface area contributed by atoms with E-state index in [-0.39, 0.29) is 5.91 Å². The van der Waals surface area contributed by atoms with Gasteiger partial charge >= 0.3 is 0 Å². The highest BCUT2D eigenvalue weighted by atomic mass is 35.5. The van der Waals surface area contributed by atoms with Crippen molar-refractivity contribution in [3.8, 4) is 0 Å². The minimum Gasteiger partial charge on any atom is -0.360 e. The number of benzene rings is 1. The van der Waals surface area contributed by atoms with Crippen LogP contribution in [0.5, 0.6) is 0 Å². The van der Waals surface area contributed by atoms with Crippen LogP contribution < -0.4 is 4.90 Å². The first kappa shape index (κ1) is 11.3. The summed E-state index contributed by atoms with van der Waals surface area (Å²) in [6.45, 7) is 4.04. The Balaban J connectivity index is 2.18. The maximum Gasteiger partial charge on any atom is 0.241 e. The van der Waals surface area contributed by atoms with E-state index in [1.807, 2.05) is 32.2 Å². The van der Waals surface area contributed by atoms with Crippen molar-refractivity contribution < 1.29 is 4.79 Å². The zero-order chi connectivity index (χ0) is 11.7. The van der Waals surface area contributed by atoms with Gasteiger partial charge in [0.15, 0.2) is 0 Å². The molecule has 4 heteroatoms. The summed E-state index contributed by atoms with van der Waals surface area (Å²) >= 11 is 6.08. The summed E-state index contributed by atoms with van der Waals surface area (Å²) in [6.07, 6.45) is 0. The Morgan fingerprint density at radius 3 is 2.69 bits per heavy atom. The van der Waals surface area contributed by atoms with Crippen molar-refractivity contribution >= 4 is 23.2 Å². The SMILES string of the molecule is Cc1ccc(N2CCN(C)C(=O)C2)cc1Cl. The van der Waals surface area contributed by atoms with Gasteiger partial charge in [0.25, 0.3) is 0 Å². The molecule has 1 aromatic carbocycles. The summed E-state index contributed by atoms with van der Waals surface area (Å²) in [7, 11) is 1.84. The molecule has 1 fully saturated rings. The number of anilines is 1. The quantitative estimate of drug-likeness (QED) is 0.747. The van der Waals surface area contributed by atoms with E-state index in [9.17, 15) is 4.79 Å². The Kier molecular flexibility index (Phi) is 3.06. The number of rotatable bonds is 1. The van der Waals surface area contributed by atoms with E-state index in [2.05, 4.69) is 4.90 Å². The van der Waals surface area contributed by atoms with Crippen molar-refractivity contribution in [3.05, 3.63) is 28.8 Å². The third-order valence-electron chi connectivity index (χ3n) is 2.98. The molecule has 86 valence electrons. The van der Waals surface area contributed by atoms with E-state index >= 15 is 0 Å². The predicted octanol–water partition coefficient (Wildman–Crippen LogP) is 1.93. The average molecular weight is 239 g/mol. The summed E-state index contributed by atoms with van der Waals surface area (Å²) in [5.74, 6) is 0.156. The van der Waals surface area contributed by atoms with Crippen molar-refractivity contribution in [3.63, 3.8) is 0 Å². The molecule has 16 heavy (non-hydrogen) atoms. The molecular weight excluding hydrogens is 224 g/mol. The smallest absolute Gasteiger partial charge is 0.241 e. The fourth-order valence-electron chi connectivity index (χ4n) is 1.76. The van der Waals surface area contributed by atoms with Crippen molar-refractivity contribution in [1.29, 1.82) is 0 Å². The van der Waals surface area contributed by atoms with Crippen molar-refractivity contribution in [2.75, 3.05) is 31.6 Å². The number of piperazine rings is 1. The van der Waals surface area contributed by atoms with Crippen molar-refractivity contribution in [2.45, 2.75) is 6.92 Å². The summed E-state index contributed by atoms with van der Waals surface area (Å²) in [5.41, 5.74) is 2.09. The van der Waals surface area contributed by atoms with Gasteiger partial charge in [-0.25, -0.2) is 0 Å². The van der Waals surface area contributed by atoms with Gasteiger partial charge in [-0.05, 0) is 24.6 Å². The number of carbonyl (C=O) groups excluding carboxylic acids is 1. The fraction of sp³-hybridized carbons (Fsp3) is 0.417. The lowest BCUT2D eigenvalue weighted by molar-refractivity contribution is -0.129. The highest BCUT2D eigenvalue weighted by molar-refractivity contribution is 6.31. The number of likely N-dealkylation sites (N-methyl/N-ethyl adjacent to an activating group) is 1. The summed E-state index contributed by atoms with van der Waals surface area (Å²) < 4.78 is 0. The second-order valence-electron chi connectivity index (χ2n) is 4.17. The molecule has 3 nitrogen and oxygen atoms in total. The van der Waals surface area contributed by atoms with E-state index in [0.29, 0.717) is 6.54 Å². The number of nitrogens with zero attached hydrogens (tertiary/aromatic N) is 2. The molecule has 0 bridgehead atoms. The molecule has 1 aromatic rings. The van der Waals surface area contributed by atoms with Crippen LogP contribution in [-0.4, -0.2) is 37.5 Å². The van der Waals surface area contributed by atoms with Gasteiger partial charge in [0.05, 0.1) is 6.54 Å². The molecule has 0 unspecified atom stereocenters. The lowest BCUT2D eigenvalue weighted by atomic mass is 10.2. The van der Waals surface area contributed by atoms with Crippen LogP contribution in [0.2, 0.25) is 5.02 Å². The van der Waals surface area contributed by atoms with Crippen LogP contribution in [0, 0.1) is 6.92 Å². The number of aryl methyl sites for hydroxylation is 1. The summed E-state index contributed by atoms with van der Waals surface area (Å²) in [5, 5.41) is 0.754. The van der Waals surface area contributed by atoms with Crippen LogP contribution in [0.25, 0.3) is 0 Å². The maximum atomic E-state index is 11.6. The Morgan fingerprint density at radius 2 is 2.06 bits per heavy atom. The monoisotopic (exact) mass is 238 g/mol. The van der Waals surface area contributed by atoms with E-state index < -0.39 is 0 Å². The van der Waals surface area contributed by atoms with Gasteiger partial charge in [-0.15, -0.1) is 0 Å². The minimum atomic E-state index is 0.156. The second kappa shape index (κ2) is 4.34. The van der Waals surface area contributed by atoms with Gasteiger partial charge in [0.2, 0.25) is 5.91 Å². The lowest BCUT2D eigenvalue weighted by Crippen LogP contribution is -2.48. The fourth-order valence-corrected chi connectivity index (χ4v) is 1.93. The van der Waals surface area contributed by atoms with Gasteiger partial charge in [-0.1, -0.05) is 17.7 Å². The Morgan fingerprint density at radius 1 is 1.31 bits per heavy atom.